The first kappa shape index (κ1) is 20.0. The lowest BCUT2D eigenvalue weighted by Crippen LogP contribution is -2.57. The van der Waals surface area contributed by atoms with Crippen molar-refractivity contribution in [3.63, 3.8) is 0 Å². The van der Waals surface area contributed by atoms with Gasteiger partial charge in [0.2, 0.25) is 5.88 Å². The van der Waals surface area contributed by atoms with E-state index in [1.807, 2.05) is 30.3 Å². The van der Waals surface area contributed by atoms with Gasteiger partial charge in [-0.15, -0.1) is 0 Å². The summed E-state index contributed by atoms with van der Waals surface area (Å²) in [5.74, 6) is 0.627. The van der Waals surface area contributed by atoms with E-state index in [1.54, 1.807) is 12.1 Å². The van der Waals surface area contributed by atoms with Crippen LogP contribution in [0.2, 0.25) is 0 Å². The van der Waals surface area contributed by atoms with Gasteiger partial charge in [0.15, 0.2) is 6.61 Å². The van der Waals surface area contributed by atoms with Gasteiger partial charge in [-0.2, -0.15) is 18.2 Å². The Morgan fingerprint density at radius 3 is 2.59 bits per heavy atom. The molecule has 1 aliphatic carbocycles. The van der Waals surface area contributed by atoms with Crippen LogP contribution in [-0.2, 0) is 5.60 Å². The third kappa shape index (κ3) is 4.20. The van der Waals surface area contributed by atoms with E-state index in [1.165, 1.54) is 6.07 Å². The standard InChI is InChI=1S/C22H25F3N2O2/c23-22(24,25)15-29-20-12-6-11-19(26-20)27-14-13-21(28,16-7-2-1-3-8-16)17-9-4-5-10-18(17)27/h1-3,6-8,11-12,17-18,28H,4-5,9-10,13-15H2/t17-,18?,21-/m1/s1. The molecule has 0 spiro atoms. The molecule has 1 aromatic heterocycles. The summed E-state index contributed by atoms with van der Waals surface area (Å²) in [6, 6.07) is 14.8. The fraction of sp³-hybridized carbons (Fsp3) is 0.500. The van der Waals surface area contributed by atoms with Crippen molar-refractivity contribution in [2.75, 3.05) is 18.1 Å². The van der Waals surface area contributed by atoms with Gasteiger partial charge in [-0.25, -0.2) is 0 Å². The Labute approximate surface area is 168 Å². The number of ether oxygens (including phenoxy) is 1. The van der Waals surface area contributed by atoms with Crippen molar-refractivity contribution in [2.45, 2.75) is 49.9 Å². The number of benzene rings is 1. The van der Waals surface area contributed by atoms with E-state index in [-0.39, 0.29) is 17.8 Å². The Morgan fingerprint density at radius 2 is 1.83 bits per heavy atom. The van der Waals surface area contributed by atoms with Crippen LogP contribution in [0, 0.1) is 5.92 Å². The molecule has 2 aromatic rings. The van der Waals surface area contributed by atoms with E-state index in [2.05, 4.69) is 9.88 Å². The monoisotopic (exact) mass is 406 g/mol. The maximum atomic E-state index is 12.5. The molecule has 1 unspecified atom stereocenters. The van der Waals surface area contributed by atoms with Crippen molar-refractivity contribution in [2.24, 2.45) is 5.92 Å². The number of nitrogens with zero attached hydrogens (tertiary/aromatic N) is 2. The molecule has 1 aliphatic heterocycles. The molecule has 1 saturated heterocycles. The number of aliphatic hydroxyl groups is 1. The number of fused-ring (bicyclic) bond motifs is 1. The quantitative estimate of drug-likeness (QED) is 0.801. The molecule has 0 radical (unpaired) electrons. The van der Waals surface area contributed by atoms with Crippen molar-refractivity contribution in [3.05, 3.63) is 54.1 Å². The Hall–Kier alpha value is -2.28. The second-order valence-electron chi connectivity index (χ2n) is 7.93. The molecule has 156 valence electrons. The summed E-state index contributed by atoms with van der Waals surface area (Å²) in [6.07, 6.45) is 0.113. The minimum atomic E-state index is -4.40. The maximum absolute atomic E-state index is 12.5. The van der Waals surface area contributed by atoms with Gasteiger partial charge in [0.05, 0.1) is 5.60 Å². The van der Waals surface area contributed by atoms with Gasteiger partial charge >= 0.3 is 6.18 Å². The van der Waals surface area contributed by atoms with Crippen LogP contribution in [0.5, 0.6) is 5.88 Å². The Bertz CT molecular complexity index is 830. The van der Waals surface area contributed by atoms with Crippen LogP contribution < -0.4 is 9.64 Å². The lowest BCUT2D eigenvalue weighted by molar-refractivity contribution is -0.154. The fourth-order valence-corrected chi connectivity index (χ4v) is 4.85. The van der Waals surface area contributed by atoms with E-state index in [9.17, 15) is 18.3 Å². The minimum absolute atomic E-state index is 0.0314. The van der Waals surface area contributed by atoms with Crippen LogP contribution in [0.4, 0.5) is 19.0 Å². The van der Waals surface area contributed by atoms with Gasteiger partial charge in [-0.3, -0.25) is 0 Å². The average Bonchev–Trinajstić information content (AvgIpc) is 2.73. The first-order chi connectivity index (χ1) is 13.9. The zero-order chi connectivity index (χ0) is 20.5. The SMILES string of the molecule is O[C@@]1(c2ccccc2)CCN(c2cccc(OCC(F)(F)F)n2)C2CCCC[C@H]21. The number of alkyl halides is 3. The number of hydrogen-bond acceptors (Lipinski definition) is 4. The number of aromatic nitrogens is 1. The molecule has 2 fully saturated rings. The molecule has 2 aliphatic rings. The van der Waals surface area contributed by atoms with Crippen molar-refractivity contribution in [3.8, 4) is 5.88 Å². The van der Waals surface area contributed by atoms with Crippen LogP contribution in [0.15, 0.2) is 48.5 Å². The zero-order valence-corrected chi connectivity index (χ0v) is 16.1. The highest BCUT2D eigenvalue weighted by Crippen LogP contribution is 2.47. The molecule has 1 saturated carbocycles. The molecular weight excluding hydrogens is 381 g/mol. The molecule has 2 heterocycles. The summed E-state index contributed by atoms with van der Waals surface area (Å²) < 4.78 is 42.3. The fourth-order valence-electron chi connectivity index (χ4n) is 4.85. The van der Waals surface area contributed by atoms with Gasteiger partial charge in [-0.05, 0) is 30.9 Å². The number of piperidine rings is 1. The van der Waals surface area contributed by atoms with E-state index in [4.69, 9.17) is 4.74 Å². The van der Waals surface area contributed by atoms with Crippen molar-refractivity contribution >= 4 is 5.82 Å². The van der Waals surface area contributed by atoms with Gasteiger partial charge in [-0.1, -0.05) is 49.2 Å². The predicted molar refractivity (Wildman–Crippen MR) is 104 cm³/mol. The molecule has 0 amide bonds. The van der Waals surface area contributed by atoms with Crippen LogP contribution in [0.1, 0.15) is 37.7 Å². The molecule has 0 bridgehead atoms. The second kappa shape index (κ2) is 7.86. The predicted octanol–water partition coefficient (Wildman–Crippen LogP) is 4.68. The van der Waals surface area contributed by atoms with E-state index >= 15 is 0 Å². The number of anilines is 1. The molecule has 4 nitrogen and oxygen atoms in total. The highest BCUT2D eigenvalue weighted by Gasteiger charge is 2.49. The summed E-state index contributed by atoms with van der Waals surface area (Å²) in [5, 5.41) is 11.6. The third-order valence-electron chi connectivity index (χ3n) is 6.14. The van der Waals surface area contributed by atoms with Gasteiger partial charge in [0.25, 0.3) is 0 Å². The van der Waals surface area contributed by atoms with Crippen molar-refractivity contribution in [1.82, 2.24) is 4.98 Å². The molecule has 1 N–H and O–H groups in total. The molecule has 29 heavy (non-hydrogen) atoms. The number of hydrogen-bond donors (Lipinski definition) is 1. The van der Waals surface area contributed by atoms with Crippen molar-refractivity contribution < 1.29 is 23.0 Å². The zero-order valence-electron chi connectivity index (χ0n) is 16.1. The largest absolute Gasteiger partial charge is 0.468 e. The van der Waals surface area contributed by atoms with Crippen molar-refractivity contribution in [1.29, 1.82) is 0 Å². The Kier molecular flexibility index (Phi) is 5.42. The summed E-state index contributed by atoms with van der Waals surface area (Å²) in [5.41, 5.74) is 0.0412. The summed E-state index contributed by atoms with van der Waals surface area (Å²) >= 11 is 0. The summed E-state index contributed by atoms with van der Waals surface area (Å²) in [6.45, 7) is -0.772. The molecular formula is C22H25F3N2O2. The highest BCUT2D eigenvalue weighted by atomic mass is 19.4. The van der Waals surface area contributed by atoms with E-state index < -0.39 is 18.4 Å². The molecule has 1 aromatic carbocycles. The van der Waals surface area contributed by atoms with Gasteiger partial charge < -0.3 is 14.7 Å². The molecule has 4 rings (SSSR count). The summed E-state index contributed by atoms with van der Waals surface area (Å²) in [7, 11) is 0. The summed E-state index contributed by atoms with van der Waals surface area (Å²) in [4.78, 5) is 6.47. The van der Waals surface area contributed by atoms with E-state index in [0.717, 1.165) is 31.2 Å². The lowest BCUT2D eigenvalue weighted by Gasteiger charge is -2.53. The normalized spacial score (nSPS) is 27.4. The average molecular weight is 406 g/mol. The molecule has 3 atom stereocenters. The highest BCUT2D eigenvalue weighted by molar-refractivity contribution is 5.44. The first-order valence-electron chi connectivity index (χ1n) is 10.1. The van der Waals surface area contributed by atoms with Gasteiger partial charge in [0, 0.05) is 24.6 Å². The second-order valence-corrected chi connectivity index (χ2v) is 7.93. The maximum Gasteiger partial charge on any atom is 0.422 e. The van der Waals surface area contributed by atoms with Crippen LogP contribution >= 0.6 is 0 Å². The Balaban J connectivity index is 1.59. The third-order valence-corrected chi connectivity index (χ3v) is 6.14. The smallest absolute Gasteiger partial charge is 0.422 e. The Morgan fingerprint density at radius 1 is 1.07 bits per heavy atom. The van der Waals surface area contributed by atoms with Crippen LogP contribution in [0.25, 0.3) is 0 Å². The first-order valence-corrected chi connectivity index (χ1v) is 10.1. The topological polar surface area (TPSA) is 45.6 Å². The minimum Gasteiger partial charge on any atom is -0.468 e. The number of pyridine rings is 1. The molecule has 7 heteroatoms. The van der Waals surface area contributed by atoms with Crippen LogP contribution in [0.3, 0.4) is 0 Å². The van der Waals surface area contributed by atoms with Crippen LogP contribution in [-0.4, -0.2) is 35.5 Å². The number of rotatable bonds is 4. The van der Waals surface area contributed by atoms with E-state index in [0.29, 0.717) is 18.8 Å². The lowest BCUT2D eigenvalue weighted by atomic mass is 9.66. The number of halogens is 3. The van der Waals surface area contributed by atoms with Gasteiger partial charge in [0.1, 0.15) is 5.82 Å².